The van der Waals surface area contributed by atoms with E-state index in [1.165, 1.54) is 0 Å². The van der Waals surface area contributed by atoms with Crippen molar-refractivity contribution in [1.29, 1.82) is 0 Å². The fourth-order valence-electron chi connectivity index (χ4n) is 2.02. The van der Waals surface area contributed by atoms with E-state index in [1.54, 1.807) is 47.6 Å². The van der Waals surface area contributed by atoms with Crippen molar-refractivity contribution in [3.05, 3.63) is 42.0 Å². The van der Waals surface area contributed by atoms with Crippen molar-refractivity contribution in [2.75, 3.05) is 0 Å². The molecule has 25 heavy (non-hydrogen) atoms. The largest absolute Gasteiger partial charge is 0.458 e. The van der Waals surface area contributed by atoms with Gasteiger partial charge in [-0.3, -0.25) is 0 Å². The van der Waals surface area contributed by atoms with Gasteiger partial charge < -0.3 is 14.8 Å². The normalized spacial score (nSPS) is 13.8. The van der Waals surface area contributed by atoms with Crippen molar-refractivity contribution in [2.24, 2.45) is 0 Å². The molecule has 1 atom stereocenters. The van der Waals surface area contributed by atoms with Gasteiger partial charge in [0.1, 0.15) is 17.2 Å². The van der Waals surface area contributed by atoms with Gasteiger partial charge in [-0.1, -0.05) is 30.3 Å². The molecule has 0 saturated heterocycles. The van der Waals surface area contributed by atoms with E-state index in [-0.39, 0.29) is 0 Å². The van der Waals surface area contributed by atoms with Crippen molar-refractivity contribution in [2.45, 2.75) is 65.7 Å². The molecule has 0 fully saturated rings. The molecule has 1 amide bonds. The highest BCUT2D eigenvalue weighted by molar-refractivity contribution is 5.85. The lowest BCUT2D eigenvalue weighted by Crippen LogP contribution is -2.45. The monoisotopic (exact) mass is 347 g/mol. The molecule has 0 spiro atoms. The smallest absolute Gasteiger partial charge is 0.408 e. The molecule has 1 rings (SSSR count). The Labute approximate surface area is 150 Å². The Morgan fingerprint density at radius 2 is 1.48 bits per heavy atom. The van der Waals surface area contributed by atoms with Crippen molar-refractivity contribution >= 4 is 17.6 Å². The highest BCUT2D eigenvalue weighted by Crippen LogP contribution is 2.16. The number of benzene rings is 1. The van der Waals surface area contributed by atoms with Crippen LogP contribution >= 0.6 is 0 Å². The zero-order chi connectivity index (χ0) is 19.3. The molecule has 1 N–H and O–H groups in total. The second-order valence-corrected chi connectivity index (χ2v) is 7.87. The molecule has 138 valence electrons. The average Bonchev–Trinajstić information content (AvgIpc) is 2.43. The summed E-state index contributed by atoms with van der Waals surface area (Å²) >= 11 is 0. The summed E-state index contributed by atoms with van der Waals surface area (Å²) in [6.07, 6.45) is 1.01. The molecular formula is C20H29NO4. The SMILES string of the molecule is C/C(=C\C(NC(=O)OC(C)(C)C)C(=O)OC(C)(C)C)c1ccccc1. The summed E-state index contributed by atoms with van der Waals surface area (Å²) in [5.74, 6) is -0.534. The Morgan fingerprint density at radius 3 is 1.96 bits per heavy atom. The summed E-state index contributed by atoms with van der Waals surface area (Å²) in [6, 6.07) is 8.68. The predicted octanol–water partition coefficient (Wildman–Crippen LogP) is 4.32. The number of amides is 1. The molecule has 0 aromatic heterocycles. The molecule has 1 unspecified atom stereocenters. The van der Waals surface area contributed by atoms with Gasteiger partial charge in [0.25, 0.3) is 0 Å². The van der Waals surface area contributed by atoms with Gasteiger partial charge in [-0.05, 0) is 65.7 Å². The van der Waals surface area contributed by atoms with Crippen LogP contribution in [0.1, 0.15) is 54.0 Å². The van der Waals surface area contributed by atoms with Gasteiger partial charge >= 0.3 is 12.1 Å². The van der Waals surface area contributed by atoms with E-state index in [0.29, 0.717) is 0 Å². The van der Waals surface area contributed by atoms with Gasteiger partial charge in [-0.25, -0.2) is 9.59 Å². The van der Waals surface area contributed by atoms with Crippen molar-refractivity contribution in [1.82, 2.24) is 5.32 Å². The topological polar surface area (TPSA) is 64.6 Å². The lowest BCUT2D eigenvalue weighted by molar-refractivity contribution is -0.156. The van der Waals surface area contributed by atoms with Crippen LogP contribution < -0.4 is 5.32 Å². The van der Waals surface area contributed by atoms with Gasteiger partial charge in [-0.2, -0.15) is 0 Å². The number of rotatable bonds is 4. The quantitative estimate of drug-likeness (QED) is 0.824. The number of nitrogens with one attached hydrogen (secondary N) is 1. The van der Waals surface area contributed by atoms with Crippen LogP contribution in [-0.2, 0) is 14.3 Å². The first-order valence-corrected chi connectivity index (χ1v) is 8.33. The summed E-state index contributed by atoms with van der Waals surface area (Å²) in [6.45, 7) is 12.5. The Balaban J connectivity index is 3.02. The van der Waals surface area contributed by atoms with Crippen LogP contribution in [0, 0.1) is 0 Å². The highest BCUT2D eigenvalue weighted by Gasteiger charge is 2.27. The molecule has 1 aromatic rings. The summed E-state index contributed by atoms with van der Waals surface area (Å²) < 4.78 is 10.7. The Kier molecular flexibility index (Phi) is 6.79. The third-order valence-corrected chi connectivity index (χ3v) is 2.98. The summed E-state index contributed by atoms with van der Waals surface area (Å²) in [4.78, 5) is 24.6. The second kappa shape index (κ2) is 8.19. The molecule has 0 radical (unpaired) electrons. The standard InChI is InChI=1S/C20H29NO4/c1-14(15-11-9-8-10-12-15)13-16(17(22)24-19(2,3)4)21-18(23)25-20(5,6)7/h8-13,16H,1-7H3,(H,21,23)/b14-13+. The van der Waals surface area contributed by atoms with E-state index in [9.17, 15) is 9.59 Å². The van der Waals surface area contributed by atoms with Gasteiger partial charge in [0.05, 0.1) is 0 Å². The lowest BCUT2D eigenvalue weighted by Gasteiger charge is -2.25. The van der Waals surface area contributed by atoms with Crippen LogP contribution in [0.2, 0.25) is 0 Å². The maximum absolute atomic E-state index is 12.5. The van der Waals surface area contributed by atoms with Crippen LogP contribution in [0.15, 0.2) is 36.4 Å². The van der Waals surface area contributed by atoms with E-state index in [2.05, 4.69) is 5.32 Å². The Bertz CT molecular complexity index is 621. The lowest BCUT2D eigenvalue weighted by atomic mass is 10.0. The minimum absolute atomic E-state index is 0.534. The Hall–Kier alpha value is -2.30. The first-order valence-electron chi connectivity index (χ1n) is 8.33. The van der Waals surface area contributed by atoms with Crippen LogP contribution in [0.3, 0.4) is 0 Å². The van der Waals surface area contributed by atoms with E-state index >= 15 is 0 Å². The van der Waals surface area contributed by atoms with E-state index in [1.807, 2.05) is 37.3 Å². The average molecular weight is 347 g/mol. The third-order valence-electron chi connectivity index (χ3n) is 2.98. The number of carbonyl (C=O) groups excluding carboxylic acids is 2. The summed E-state index contributed by atoms with van der Waals surface area (Å²) in [5.41, 5.74) is 0.509. The second-order valence-electron chi connectivity index (χ2n) is 7.87. The molecule has 0 saturated carbocycles. The molecule has 0 aliphatic rings. The van der Waals surface area contributed by atoms with Crippen molar-refractivity contribution in [3.63, 3.8) is 0 Å². The maximum Gasteiger partial charge on any atom is 0.408 e. The first-order chi connectivity index (χ1) is 11.4. The number of alkyl carbamates (subject to hydrolysis) is 1. The molecule has 0 heterocycles. The number of hydrogen-bond acceptors (Lipinski definition) is 4. The number of esters is 1. The molecule has 1 aromatic carbocycles. The highest BCUT2D eigenvalue weighted by atomic mass is 16.6. The van der Waals surface area contributed by atoms with Crippen LogP contribution in [-0.4, -0.2) is 29.3 Å². The molecule has 5 heteroatoms. The number of carbonyl (C=O) groups is 2. The van der Waals surface area contributed by atoms with E-state index in [4.69, 9.17) is 9.47 Å². The minimum Gasteiger partial charge on any atom is -0.458 e. The van der Waals surface area contributed by atoms with Crippen LogP contribution in [0.25, 0.3) is 5.57 Å². The number of allylic oxidation sites excluding steroid dienone is 1. The number of ether oxygens (including phenoxy) is 2. The predicted molar refractivity (Wildman–Crippen MR) is 99.1 cm³/mol. The van der Waals surface area contributed by atoms with Crippen LogP contribution in [0.4, 0.5) is 4.79 Å². The van der Waals surface area contributed by atoms with Crippen LogP contribution in [0.5, 0.6) is 0 Å². The van der Waals surface area contributed by atoms with E-state index in [0.717, 1.165) is 11.1 Å². The van der Waals surface area contributed by atoms with Crippen molar-refractivity contribution < 1.29 is 19.1 Å². The molecule has 5 nitrogen and oxygen atoms in total. The minimum atomic E-state index is -0.936. The van der Waals surface area contributed by atoms with Crippen molar-refractivity contribution in [3.8, 4) is 0 Å². The Morgan fingerprint density at radius 1 is 0.960 bits per heavy atom. The third kappa shape index (κ3) is 8.38. The maximum atomic E-state index is 12.5. The van der Waals surface area contributed by atoms with Gasteiger partial charge in [-0.15, -0.1) is 0 Å². The molecule has 0 bridgehead atoms. The number of hydrogen-bond donors (Lipinski definition) is 1. The summed E-state index contributed by atoms with van der Waals surface area (Å²) in [7, 11) is 0. The zero-order valence-electron chi connectivity index (χ0n) is 16.2. The fraction of sp³-hybridized carbons (Fsp3) is 0.500. The molecular weight excluding hydrogens is 318 g/mol. The fourth-order valence-corrected chi connectivity index (χ4v) is 2.02. The van der Waals surface area contributed by atoms with Gasteiger partial charge in [0.15, 0.2) is 0 Å². The first kappa shape index (κ1) is 20.7. The van der Waals surface area contributed by atoms with Gasteiger partial charge in [0.2, 0.25) is 0 Å². The molecule has 0 aliphatic heterocycles. The molecule has 0 aliphatic carbocycles. The summed E-state index contributed by atoms with van der Waals surface area (Å²) in [5, 5.41) is 2.58. The van der Waals surface area contributed by atoms with E-state index < -0.39 is 29.3 Å². The zero-order valence-corrected chi connectivity index (χ0v) is 16.2. The van der Waals surface area contributed by atoms with Gasteiger partial charge in [0, 0.05) is 0 Å².